The van der Waals surface area contributed by atoms with Crippen molar-refractivity contribution in [2.75, 3.05) is 31.1 Å². The zero-order valence-electron chi connectivity index (χ0n) is 18.7. The van der Waals surface area contributed by atoms with Gasteiger partial charge in [-0.1, -0.05) is 25.3 Å². The number of amides is 1. The van der Waals surface area contributed by atoms with Crippen LogP contribution in [0, 0.1) is 11.8 Å². The number of aromatic amines is 1. The van der Waals surface area contributed by atoms with Gasteiger partial charge < -0.3 is 9.80 Å². The number of anilines is 1. The molecule has 31 heavy (non-hydrogen) atoms. The van der Waals surface area contributed by atoms with Crippen molar-refractivity contribution in [3.8, 4) is 11.1 Å². The molecule has 5 heteroatoms. The van der Waals surface area contributed by atoms with Gasteiger partial charge in [0.1, 0.15) is 0 Å². The molecule has 1 saturated carbocycles. The molecule has 3 aliphatic rings. The number of aromatic nitrogens is 2. The third-order valence-corrected chi connectivity index (χ3v) is 7.76. The van der Waals surface area contributed by atoms with Crippen LogP contribution < -0.4 is 4.90 Å². The van der Waals surface area contributed by atoms with Crippen molar-refractivity contribution in [2.45, 2.75) is 64.2 Å². The summed E-state index contributed by atoms with van der Waals surface area (Å²) in [6.07, 6.45) is 15.9. The number of benzene rings is 1. The Kier molecular flexibility index (Phi) is 6.28. The van der Waals surface area contributed by atoms with Crippen molar-refractivity contribution in [2.24, 2.45) is 11.8 Å². The lowest BCUT2D eigenvalue weighted by Gasteiger charge is -2.38. The summed E-state index contributed by atoms with van der Waals surface area (Å²) in [5.74, 6) is 1.76. The lowest BCUT2D eigenvalue weighted by atomic mass is 9.86. The normalized spacial score (nSPS) is 20.6. The average molecular weight is 421 g/mol. The fourth-order valence-electron chi connectivity index (χ4n) is 5.90. The lowest BCUT2D eigenvalue weighted by molar-refractivity contribution is -0.133. The van der Waals surface area contributed by atoms with Crippen LogP contribution in [0.1, 0.15) is 63.4 Å². The maximum Gasteiger partial charge on any atom is 0.222 e. The van der Waals surface area contributed by atoms with E-state index in [1.165, 1.54) is 55.3 Å². The van der Waals surface area contributed by atoms with E-state index in [4.69, 9.17) is 0 Å². The largest absolute Gasteiger partial charge is 0.371 e. The highest BCUT2D eigenvalue weighted by Gasteiger charge is 2.27. The summed E-state index contributed by atoms with van der Waals surface area (Å²) in [5.41, 5.74) is 5.28. The van der Waals surface area contributed by atoms with Gasteiger partial charge in [-0.2, -0.15) is 5.10 Å². The van der Waals surface area contributed by atoms with Gasteiger partial charge in [-0.15, -0.1) is 0 Å². The molecule has 1 amide bonds. The highest BCUT2D eigenvalue weighted by molar-refractivity contribution is 5.76. The number of carbonyl (C=O) groups is 1. The van der Waals surface area contributed by atoms with Gasteiger partial charge in [0.25, 0.3) is 0 Å². The van der Waals surface area contributed by atoms with Crippen molar-refractivity contribution >= 4 is 11.6 Å². The summed E-state index contributed by atoms with van der Waals surface area (Å²) in [5, 5.41) is 7.01. The number of carbonyl (C=O) groups excluding carboxylic acids is 1. The standard InChI is InChI=1S/C26H36N4O/c31-26(15-20-5-2-1-3-6-20)29-13-10-21(11-14-29)19-30-12-4-7-23-16-22(8-9-25(23)30)24-17-27-28-18-24/h8-9,16-18,20-21H,1-7,10-15,19H2,(H,27,28). The molecule has 1 aliphatic carbocycles. The summed E-state index contributed by atoms with van der Waals surface area (Å²) in [7, 11) is 0. The Labute approximate surface area is 186 Å². The van der Waals surface area contributed by atoms with Crippen LogP contribution in [0.2, 0.25) is 0 Å². The van der Waals surface area contributed by atoms with Crippen molar-refractivity contribution in [1.29, 1.82) is 0 Å². The van der Waals surface area contributed by atoms with Gasteiger partial charge in [0.2, 0.25) is 5.91 Å². The summed E-state index contributed by atoms with van der Waals surface area (Å²) in [4.78, 5) is 17.5. The van der Waals surface area contributed by atoms with E-state index in [2.05, 4.69) is 38.2 Å². The van der Waals surface area contributed by atoms with Crippen LogP contribution in [0.25, 0.3) is 11.1 Å². The number of hydrogen-bond donors (Lipinski definition) is 1. The van der Waals surface area contributed by atoms with E-state index < -0.39 is 0 Å². The number of nitrogens with zero attached hydrogens (tertiary/aromatic N) is 3. The Morgan fingerprint density at radius 3 is 2.58 bits per heavy atom. The van der Waals surface area contributed by atoms with Crippen molar-refractivity contribution in [3.05, 3.63) is 36.2 Å². The fourth-order valence-corrected chi connectivity index (χ4v) is 5.90. The van der Waals surface area contributed by atoms with Gasteiger partial charge in [-0.3, -0.25) is 9.89 Å². The summed E-state index contributed by atoms with van der Waals surface area (Å²) in [6, 6.07) is 6.88. The highest BCUT2D eigenvalue weighted by Crippen LogP contribution is 2.33. The van der Waals surface area contributed by atoms with Gasteiger partial charge in [0.15, 0.2) is 0 Å². The number of rotatable bonds is 5. The molecule has 5 nitrogen and oxygen atoms in total. The zero-order chi connectivity index (χ0) is 21.0. The monoisotopic (exact) mass is 420 g/mol. The van der Waals surface area contributed by atoms with Crippen molar-refractivity contribution in [1.82, 2.24) is 15.1 Å². The molecule has 2 aromatic rings. The maximum atomic E-state index is 12.8. The van der Waals surface area contributed by atoms with Crippen molar-refractivity contribution < 1.29 is 4.79 Å². The number of fused-ring (bicyclic) bond motifs is 1. The second-order valence-electron chi connectivity index (χ2n) is 9.91. The van der Waals surface area contributed by atoms with E-state index >= 15 is 0 Å². The summed E-state index contributed by atoms with van der Waals surface area (Å²) >= 11 is 0. The molecule has 0 spiro atoms. The smallest absolute Gasteiger partial charge is 0.222 e. The number of H-pyrrole nitrogens is 1. The minimum absolute atomic E-state index is 0.417. The van der Waals surface area contributed by atoms with E-state index in [0.29, 0.717) is 17.7 Å². The quantitative estimate of drug-likeness (QED) is 0.737. The Hall–Kier alpha value is -2.30. The first-order valence-electron chi connectivity index (χ1n) is 12.4. The number of likely N-dealkylation sites (tertiary alicyclic amines) is 1. The second-order valence-corrected chi connectivity index (χ2v) is 9.91. The molecule has 1 saturated heterocycles. The molecule has 0 bridgehead atoms. The molecule has 0 atom stereocenters. The van der Waals surface area contributed by atoms with Gasteiger partial charge in [-0.25, -0.2) is 0 Å². The molecular formula is C26H36N4O. The third kappa shape index (κ3) is 4.81. The number of piperidine rings is 1. The second kappa shape index (κ2) is 9.46. The molecule has 0 unspecified atom stereocenters. The van der Waals surface area contributed by atoms with E-state index in [1.807, 2.05) is 12.4 Å². The first kappa shape index (κ1) is 20.6. The zero-order valence-corrected chi connectivity index (χ0v) is 18.7. The third-order valence-electron chi connectivity index (χ3n) is 7.76. The topological polar surface area (TPSA) is 52.2 Å². The molecule has 0 radical (unpaired) electrons. The number of nitrogens with one attached hydrogen (secondary N) is 1. The Balaban J connectivity index is 1.15. The maximum absolute atomic E-state index is 12.8. The van der Waals surface area contributed by atoms with Gasteiger partial charge in [-0.05, 0) is 73.6 Å². The summed E-state index contributed by atoms with van der Waals surface area (Å²) < 4.78 is 0. The molecule has 5 rings (SSSR count). The number of hydrogen-bond acceptors (Lipinski definition) is 3. The first-order chi connectivity index (χ1) is 15.3. The molecule has 2 aliphatic heterocycles. The van der Waals surface area contributed by atoms with Crippen LogP contribution in [0.15, 0.2) is 30.6 Å². The van der Waals surface area contributed by atoms with Crippen LogP contribution >= 0.6 is 0 Å². The Morgan fingerprint density at radius 1 is 0.968 bits per heavy atom. The van der Waals surface area contributed by atoms with Gasteiger partial charge in [0.05, 0.1) is 6.20 Å². The molecule has 166 valence electrons. The highest BCUT2D eigenvalue weighted by atomic mass is 16.2. The van der Waals surface area contributed by atoms with Crippen LogP contribution in [-0.2, 0) is 11.2 Å². The van der Waals surface area contributed by atoms with Crippen LogP contribution in [-0.4, -0.2) is 47.2 Å². The van der Waals surface area contributed by atoms with Crippen LogP contribution in [0.4, 0.5) is 5.69 Å². The van der Waals surface area contributed by atoms with Crippen LogP contribution in [0.3, 0.4) is 0 Å². The molecule has 2 fully saturated rings. The number of aryl methyl sites for hydroxylation is 1. The van der Waals surface area contributed by atoms with E-state index in [1.54, 1.807) is 0 Å². The molecule has 1 aromatic carbocycles. The molecule has 3 heterocycles. The Morgan fingerprint density at radius 2 is 1.81 bits per heavy atom. The molecular weight excluding hydrogens is 384 g/mol. The Bertz CT molecular complexity index is 864. The first-order valence-corrected chi connectivity index (χ1v) is 12.4. The fraction of sp³-hybridized carbons (Fsp3) is 0.615. The SMILES string of the molecule is O=C(CC1CCCCC1)N1CCC(CN2CCCc3cc(-c4cn[nH]c4)ccc32)CC1. The van der Waals surface area contributed by atoms with Crippen LogP contribution in [0.5, 0.6) is 0 Å². The van der Waals surface area contributed by atoms with E-state index in [0.717, 1.165) is 57.4 Å². The van der Waals surface area contributed by atoms with Gasteiger partial charge in [0, 0.05) is 50.0 Å². The van der Waals surface area contributed by atoms with E-state index in [9.17, 15) is 4.79 Å². The molecule has 1 aromatic heterocycles. The minimum Gasteiger partial charge on any atom is -0.371 e. The van der Waals surface area contributed by atoms with E-state index in [-0.39, 0.29) is 0 Å². The lowest BCUT2D eigenvalue weighted by Crippen LogP contribution is -2.43. The van der Waals surface area contributed by atoms with Gasteiger partial charge >= 0.3 is 0 Å². The minimum atomic E-state index is 0.417. The van der Waals surface area contributed by atoms with Crippen molar-refractivity contribution in [3.63, 3.8) is 0 Å². The summed E-state index contributed by atoms with van der Waals surface area (Å²) in [6.45, 7) is 4.19. The predicted molar refractivity (Wildman–Crippen MR) is 125 cm³/mol. The molecule has 1 N–H and O–H groups in total. The average Bonchev–Trinajstić information content (AvgIpc) is 3.35. The predicted octanol–water partition coefficient (Wildman–Crippen LogP) is 5.04.